The monoisotopic (exact) mass is 626 g/mol. The molecule has 44 heavy (non-hydrogen) atoms. The number of esters is 1. The molecule has 2 aromatic carbocycles. The van der Waals surface area contributed by atoms with Crippen LogP contribution in [0.2, 0.25) is 0 Å². The summed E-state index contributed by atoms with van der Waals surface area (Å²) in [5, 5.41) is 8.11. The molecule has 1 aliphatic heterocycles. The van der Waals surface area contributed by atoms with Gasteiger partial charge in [-0.15, -0.1) is 0 Å². The molecule has 0 spiro atoms. The van der Waals surface area contributed by atoms with Gasteiger partial charge in [-0.1, -0.05) is 18.7 Å². The third kappa shape index (κ3) is 8.21. The molecule has 0 atom stereocenters. The molecule has 1 amide bonds. The van der Waals surface area contributed by atoms with Gasteiger partial charge in [-0.05, 0) is 68.9 Å². The Morgan fingerprint density at radius 3 is 2.30 bits per heavy atom. The van der Waals surface area contributed by atoms with Gasteiger partial charge in [0.15, 0.2) is 5.76 Å². The molecule has 0 bridgehead atoms. The van der Waals surface area contributed by atoms with Crippen molar-refractivity contribution in [1.82, 2.24) is 14.9 Å². The van der Waals surface area contributed by atoms with E-state index in [-0.39, 0.29) is 40.3 Å². The highest BCUT2D eigenvalue weighted by Crippen LogP contribution is 2.35. The number of nitrogens with one attached hydrogen (secondary N) is 3. The van der Waals surface area contributed by atoms with Gasteiger partial charge in [0.05, 0.1) is 11.3 Å². The van der Waals surface area contributed by atoms with Crippen molar-refractivity contribution in [1.29, 1.82) is 0 Å². The van der Waals surface area contributed by atoms with Gasteiger partial charge in [0.1, 0.15) is 11.6 Å². The predicted octanol–water partition coefficient (Wildman–Crippen LogP) is 6.11. The quantitative estimate of drug-likeness (QED) is 0.119. The number of hydrogen-bond acceptors (Lipinski definition) is 8. The summed E-state index contributed by atoms with van der Waals surface area (Å²) < 4.78 is 95.5. The van der Waals surface area contributed by atoms with Crippen molar-refractivity contribution in [2.24, 2.45) is 0 Å². The number of halogens is 7. The van der Waals surface area contributed by atoms with Gasteiger partial charge in [0.2, 0.25) is 5.95 Å². The number of alkyl halides is 6. The van der Waals surface area contributed by atoms with Gasteiger partial charge < -0.3 is 25.6 Å². The number of nitrogens with zero attached hydrogens (tertiary/aromatic N) is 3. The van der Waals surface area contributed by atoms with Crippen molar-refractivity contribution in [2.45, 2.75) is 31.2 Å². The summed E-state index contributed by atoms with van der Waals surface area (Å²) in [6.45, 7) is 4.66. The summed E-state index contributed by atoms with van der Waals surface area (Å²) in [4.78, 5) is 34.1. The summed E-state index contributed by atoms with van der Waals surface area (Å²) in [5.41, 5.74) is -0.780. The first-order chi connectivity index (χ1) is 20.6. The van der Waals surface area contributed by atoms with E-state index in [0.29, 0.717) is 0 Å². The number of rotatable bonds is 8. The molecule has 1 aromatic heterocycles. The first-order valence-electron chi connectivity index (χ1n) is 13.0. The number of carbonyl (C=O) groups is 2. The molecule has 3 N–H and O–H groups in total. The number of aromatic nitrogens is 2. The molecule has 1 fully saturated rings. The number of amides is 1. The molecule has 0 saturated carbocycles. The lowest BCUT2D eigenvalue weighted by Gasteiger charge is -2.29. The van der Waals surface area contributed by atoms with Crippen LogP contribution in [0, 0.1) is 5.82 Å². The Morgan fingerprint density at radius 1 is 1.02 bits per heavy atom. The van der Waals surface area contributed by atoms with Crippen LogP contribution in [0.1, 0.15) is 18.4 Å². The van der Waals surface area contributed by atoms with Crippen LogP contribution in [-0.2, 0) is 20.5 Å². The molecule has 2 heterocycles. The summed E-state index contributed by atoms with van der Waals surface area (Å²) in [7, 11) is 1.99. The highest BCUT2D eigenvalue weighted by molar-refractivity contribution is 6.03. The second-order valence-corrected chi connectivity index (χ2v) is 9.84. The standard InChI is InChI=1S/C28H25F7N6O3/c1-15(44-25(43)28(33,34)35)24(42)37-19-7-8-21(29)22(13-19)39-23-20(16-3-5-17(6-4-16)27(30,31)32)14-36-26(40-23)38-18-9-11-41(2)12-10-18/h3-8,13-14,18H,1,9-12H2,2H3,(H,37,42)(H2,36,38,39,40). The number of piperidine rings is 1. The Balaban J connectivity index is 1.62. The lowest BCUT2D eigenvalue weighted by Crippen LogP contribution is -2.37. The van der Waals surface area contributed by atoms with Crippen molar-refractivity contribution in [3.8, 4) is 11.1 Å². The minimum absolute atomic E-state index is 0.001000. The number of hydrogen-bond donors (Lipinski definition) is 3. The van der Waals surface area contributed by atoms with Crippen LogP contribution >= 0.6 is 0 Å². The molecule has 9 nitrogen and oxygen atoms in total. The van der Waals surface area contributed by atoms with Gasteiger partial charge in [-0.3, -0.25) is 4.79 Å². The Morgan fingerprint density at radius 2 is 1.68 bits per heavy atom. The summed E-state index contributed by atoms with van der Waals surface area (Å²) >= 11 is 0. The normalized spacial score (nSPS) is 14.5. The third-order valence-electron chi connectivity index (χ3n) is 6.54. The zero-order valence-corrected chi connectivity index (χ0v) is 22.9. The van der Waals surface area contributed by atoms with Crippen LogP contribution in [0.25, 0.3) is 11.1 Å². The Bertz CT molecular complexity index is 1540. The molecule has 16 heteroatoms. The van der Waals surface area contributed by atoms with E-state index < -0.39 is 41.4 Å². The third-order valence-corrected chi connectivity index (χ3v) is 6.54. The van der Waals surface area contributed by atoms with Crippen LogP contribution in [0.15, 0.2) is 61.0 Å². The van der Waals surface area contributed by atoms with E-state index in [9.17, 15) is 40.3 Å². The zero-order valence-electron chi connectivity index (χ0n) is 22.9. The summed E-state index contributed by atoms with van der Waals surface area (Å²) in [5.74, 6) is -5.78. The number of benzene rings is 2. The largest absolute Gasteiger partial charge is 0.491 e. The van der Waals surface area contributed by atoms with E-state index in [4.69, 9.17) is 0 Å². The molecule has 0 unspecified atom stereocenters. The maximum atomic E-state index is 14.9. The SMILES string of the molecule is C=C(OC(=O)C(F)(F)F)C(=O)Nc1ccc(F)c(Nc2nc(NC3CCN(C)CC3)ncc2-c2ccc(C(F)(F)F)cc2)c1. The van der Waals surface area contributed by atoms with E-state index in [1.54, 1.807) is 0 Å². The van der Waals surface area contributed by atoms with E-state index >= 15 is 0 Å². The molecule has 4 rings (SSSR count). The van der Waals surface area contributed by atoms with E-state index in [0.717, 1.165) is 56.3 Å². The first kappa shape index (κ1) is 32.2. The Kier molecular flexibility index (Phi) is 9.42. The summed E-state index contributed by atoms with van der Waals surface area (Å²) in [6.07, 6.45) is -6.98. The van der Waals surface area contributed by atoms with E-state index in [2.05, 4.69) is 42.1 Å². The van der Waals surface area contributed by atoms with Gasteiger partial charge in [-0.25, -0.2) is 14.2 Å². The molecule has 234 valence electrons. The smallest absolute Gasteiger partial charge is 0.415 e. The van der Waals surface area contributed by atoms with Gasteiger partial charge in [0.25, 0.3) is 5.91 Å². The molecule has 1 saturated heterocycles. The maximum Gasteiger partial charge on any atom is 0.491 e. The number of anilines is 4. The number of likely N-dealkylation sites (tertiary alicyclic amines) is 1. The van der Waals surface area contributed by atoms with Crippen LogP contribution in [0.3, 0.4) is 0 Å². The predicted molar refractivity (Wildman–Crippen MR) is 146 cm³/mol. The molecule has 0 radical (unpaired) electrons. The van der Waals surface area contributed by atoms with Crippen molar-refractivity contribution in [2.75, 3.05) is 36.1 Å². The minimum atomic E-state index is -5.36. The van der Waals surface area contributed by atoms with Gasteiger partial charge >= 0.3 is 18.3 Å². The van der Waals surface area contributed by atoms with Crippen molar-refractivity contribution >= 4 is 35.0 Å². The fourth-order valence-corrected chi connectivity index (χ4v) is 4.18. The van der Waals surface area contributed by atoms with Crippen LogP contribution in [0.4, 0.5) is 53.9 Å². The molecule has 0 aliphatic carbocycles. The van der Waals surface area contributed by atoms with E-state index in [1.807, 2.05) is 7.05 Å². The fraction of sp³-hybridized carbons (Fsp3) is 0.286. The van der Waals surface area contributed by atoms with Crippen molar-refractivity contribution in [3.63, 3.8) is 0 Å². The zero-order chi connectivity index (χ0) is 32.2. The minimum Gasteiger partial charge on any atom is -0.415 e. The average Bonchev–Trinajstić information content (AvgIpc) is 2.95. The maximum absolute atomic E-state index is 14.9. The highest BCUT2D eigenvalue weighted by Gasteiger charge is 2.42. The topological polar surface area (TPSA) is 108 Å². The highest BCUT2D eigenvalue weighted by atomic mass is 19.4. The average molecular weight is 627 g/mol. The van der Waals surface area contributed by atoms with Gasteiger partial charge in [0, 0.05) is 23.5 Å². The fourth-order valence-electron chi connectivity index (χ4n) is 4.18. The van der Waals surface area contributed by atoms with Crippen molar-refractivity contribution in [3.05, 3.63) is 72.4 Å². The molecular formula is C28H25F7N6O3. The lowest BCUT2D eigenvalue weighted by atomic mass is 10.0. The number of ether oxygens (including phenoxy) is 1. The second-order valence-electron chi connectivity index (χ2n) is 9.84. The van der Waals surface area contributed by atoms with Crippen LogP contribution < -0.4 is 16.0 Å². The molecular weight excluding hydrogens is 601 g/mol. The van der Waals surface area contributed by atoms with Gasteiger partial charge in [-0.2, -0.15) is 31.3 Å². The number of carbonyl (C=O) groups excluding carboxylic acids is 2. The van der Waals surface area contributed by atoms with Crippen molar-refractivity contribution < 1.29 is 45.1 Å². The molecule has 3 aromatic rings. The summed E-state index contributed by atoms with van der Waals surface area (Å²) in [6, 6.07) is 7.29. The van der Waals surface area contributed by atoms with Crippen LogP contribution in [-0.4, -0.2) is 59.1 Å². The Hall–Kier alpha value is -4.73. The lowest BCUT2D eigenvalue weighted by molar-refractivity contribution is -0.195. The second kappa shape index (κ2) is 12.9. The van der Waals surface area contributed by atoms with Crippen LogP contribution in [0.5, 0.6) is 0 Å². The Labute approximate surface area is 246 Å². The first-order valence-corrected chi connectivity index (χ1v) is 13.0. The van der Waals surface area contributed by atoms with E-state index in [1.165, 1.54) is 18.3 Å². The molecule has 1 aliphatic rings.